The second-order valence-corrected chi connectivity index (χ2v) is 3.98. The quantitative estimate of drug-likeness (QED) is 0.459. The highest BCUT2D eigenvalue weighted by Gasteiger charge is 2.26. The number of carbonyl (C=O) groups is 1. The van der Waals surface area contributed by atoms with Crippen LogP contribution >= 0.6 is 0 Å². The molecule has 0 radical (unpaired) electrons. The van der Waals surface area contributed by atoms with Crippen molar-refractivity contribution in [1.29, 1.82) is 0 Å². The number of rotatable bonds is 8. The summed E-state index contributed by atoms with van der Waals surface area (Å²) in [5.41, 5.74) is -0.396. The number of ether oxygens (including phenoxy) is 3. The first-order valence-corrected chi connectivity index (χ1v) is 5.28. The first kappa shape index (κ1) is 14.4. The second kappa shape index (κ2) is 7.65. The van der Waals surface area contributed by atoms with Crippen LogP contribution in [0.1, 0.15) is 27.2 Å². The van der Waals surface area contributed by atoms with E-state index in [0.29, 0.717) is 26.4 Å². The number of methoxy groups -OCH3 is 1. The topological polar surface area (TPSA) is 44.8 Å². The van der Waals surface area contributed by atoms with Crippen LogP contribution in [-0.2, 0) is 19.0 Å². The number of carbonyl (C=O) groups excluding carboxylic acids is 1. The summed E-state index contributed by atoms with van der Waals surface area (Å²) in [7, 11) is 1.62. The van der Waals surface area contributed by atoms with Crippen molar-refractivity contribution >= 4 is 5.97 Å². The molecular formula is C11H22O4. The van der Waals surface area contributed by atoms with E-state index in [1.54, 1.807) is 7.11 Å². The average molecular weight is 218 g/mol. The summed E-state index contributed by atoms with van der Waals surface area (Å²) in [6.07, 6.45) is 0.774. The van der Waals surface area contributed by atoms with Gasteiger partial charge in [0.1, 0.15) is 6.61 Å². The fraction of sp³-hybridized carbons (Fsp3) is 0.909. The van der Waals surface area contributed by atoms with E-state index in [1.165, 1.54) is 0 Å². The molecule has 0 aromatic heterocycles. The molecule has 0 aliphatic carbocycles. The summed E-state index contributed by atoms with van der Waals surface area (Å²) in [5, 5.41) is 0. The van der Waals surface area contributed by atoms with Crippen LogP contribution in [0.3, 0.4) is 0 Å². The van der Waals surface area contributed by atoms with E-state index in [2.05, 4.69) is 0 Å². The molecule has 0 aromatic carbocycles. The molecule has 0 spiro atoms. The van der Waals surface area contributed by atoms with Gasteiger partial charge in [-0.3, -0.25) is 4.79 Å². The molecule has 0 aliphatic rings. The lowest BCUT2D eigenvalue weighted by atomic mass is 9.91. The normalized spacial score (nSPS) is 11.5. The first-order valence-electron chi connectivity index (χ1n) is 5.28. The average Bonchev–Trinajstić information content (AvgIpc) is 2.22. The molecule has 4 heteroatoms. The zero-order valence-electron chi connectivity index (χ0n) is 10.2. The monoisotopic (exact) mass is 218 g/mol. The Kier molecular flexibility index (Phi) is 7.34. The van der Waals surface area contributed by atoms with Crippen molar-refractivity contribution in [3.05, 3.63) is 0 Å². The lowest BCUT2D eigenvalue weighted by Crippen LogP contribution is -2.27. The van der Waals surface area contributed by atoms with Crippen molar-refractivity contribution in [1.82, 2.24) is 0 Å². The molecule has 4 nitrogen and oxygen atoms in total. The lowest BCUT2D eigenvalue weighted by Gasteiger charge is -2.20. The van der Waals surface area contributed by atoms with Crippen LogP contribution in [-0.4, -0.2) is 39.5 Å². The van der Waals surface area contributed by atoms with Gasteiger partial charge in [-0.15, -0.1) is 0 Å². The molecule has 0 bridgehead atoms. The molecule has 0 fully saturated rings. The summed E-state index contributed by atoms with van der Waals surface area (Å²) >= 11 is 0. The van der Waals surface area contributed by atoms with Crippen molar-refractivity contribution in [2.24, 2.45) is 5.41 Å². The van der Waals surface area contributed by atoms with Crippen LogP contribution in [0.5, 0.6) is 0 Å². The molecule has 0 saturated carbocycles. The second-order valence-electron chi connectivity index (χ2n) is 3.98. The zero-order valence-corrected chi connectivity index (χ0v) is 10.2. The van der Waals surface area contributed by atoms with Gasteiger partial charge in [0.05, 0.1) is 25.2 Å². The first-order chi connectivity index (χ1) is 7.04. The highest BCUT2D eigenvalue weighted by atomic mass is 16.6. The maximum Gasteiger partial charge on any atom is 0.311 e. The Morgan fingerprint density at radius 1 is 1.13 bits per heavy atom. The van der Waals surface area contributed by atoms with Gasteiger partial charge in [-0.2, -0.15) is 0 Å². The SMILES string of the molecule is CCC(C)(C)C(=O)OCCOCCOC. The Morgan fingerprint density at radius 3 is 2.27 bits per heavy atom. The van der Waals surface area contributed by atoms with Crippen LogP contribution in [0.2, 0.25) is 0 Å². The maximum atomic E-state index is 11.5. The molecule has 0 aromatic rings. The maximum absolute atomic E-state index is 11.5. The molecule has 0 N–H and O–H groups in total. The predicted octanol–water partition coefficient (Wildman–Crippen LogP) is 1.63. The van der Waals surface area contributed by atoms with Gasteiger partial charge in [-0.1, -0.05) is 6.92 Å². The minimum Gasteiger partial charge on any atom is -0.463 e. The van der Waals surface area contributed by atoms with E-state index in [-0.39, 0.29) is 5.97 Å². The fourth-order valence-electron chi connectivity index (χ4n) is 0.777. The fourth-order valence-corrected chi connectivity index (χ4v) is 0.777. The van der Waals surface area contributed by atoms with Crippen LogP contribution in [0.25, 0.3) is 0 Å². The summed E-state index contributed by atoms with van der Waals surface area (Å²) in [4.78, 5) is 11.5. The molecule has 0 atom stereocenters. The third-order valence-corrected chi connectivity index (χ3v) is 2.33. The van der Waals surface area contributed by atoms with Crippen LogP contribution in [0.4, 0.5) is 0 Å². The highest BCUT2D eigenvalue weighted by molar-refractivity contribution is 5.75. The molecule has 0 aliphatic heterocycles. The smallest absolute Gasteiger partial charge is 0.311 e. The lowest BCUT2D eigenvalue weighted by molar-refractivity contribution is -0.155. The molecule has 0 amide bonds. The van der Waals surface area contributed by atoms with E-state index in [4.69, 9.17) is 14.2 Å². The van der Waals surface area contributed by atoms with Gasteiger partial charge in [0, 0.05) is 7.11 Å². The molecule has 0 saturated heterocycles. The summed E-state index contributed by atoms with van der Waals surface area (Å²) in [6, 6.07) is 0. The van der Waals surface area contributed by atoms with Crippen molar-refractivity contribution < 1.29 is 19.0 Å². The molecule has 15 heavy (non-hydrogen) atoms. The third-order valence-electron chi connectivity index (χ3n) is 2.33. The van der Waals surface area contributed by atoms with Gasteiger partial charge in [0.2, 0.25) is 0 Å². The minimum atomic E-state index is -0.396. The number of hydrogen-bond donors (Lipinski definition) is 0. The molecule has 0 unspecified atom stereocenters. The van der Waals surface area contributed by atoms with E-state index in [9.17, 15) is 4.79 Å². The standard InChI is InChI=1S/C11H22O4/c1-5-11(2,3)10(12)15-9-8-14-7-6-13-4/h5-9H2,1-4H3. The van der Waals surface area contributed by atoms with Gasteiger partial charge >= 0.3 is 5.97 Å². The van der Waals surface area contributed by atoms with Crippen molar-refractivity contribution in [3.8, 4) is 0 Å². The van der Waals surface area contributed by atoms with Crippen molar-refractivity contribution in [2.75, 3.05) is 33.5 Å². The Hall–Kier alpha value is -0.610. The molecule has 0 rings (SSSR count). The molecule has 0 heterocycles. The molecular weight excluding hydrogens is 196 g/mol. The summed E-state index contributed by atoms with van der Waals surface area (Å²) < 4.78 is 15.1. The van der Waals surface area contributed by atoms with Gasteiger partial charge in [-0.05, 0) is 20.3 Å². The van der Waals surface area contributed by atoms with Gasteiger partial charge in [0.25, 0.3) is 0 Å². The Balaban J connectivity index is 3.47. The van der Waals surface area contributed by atoms with Gasteiger partial charge < -0.3 is 14.2 Å². The van der Waals surface area contributed by atoms with Crippen LogP contribution < -0.4 is 0 Å². The number of esters is 1. The van der Waals surface area contributed by atoms with E-state index >= 15 is 0 Å². The van der Waals surface area contributed by atoms with E-state index in [0.717, 1.165) is 6.42 Å². The van der Waals surface area contributed by atoms with E-state index < -0.39 is 5.41 Å². The third kappa shape index (κ3) is 6.47. The summed E-state index contributed by atoms with van der Waals surface area (Å²) in [6.45, 7) is 7.55. The molecule has 90 valence electrons. The highest BCUT2D eigenvalue weighted by Crippen LogP contribution is 2.21. The summed E-state index contributed by atoms with van der Waals surface area (Å²) in [5.74, 6) is -0.166. The predicted molar refractivity (Wildman–Crippen MR) is 57.7 cm³/mol. The largest absolute Gasteiger partial charge is 0.463 e. The Morgan fingerprint density at radius 2 is 1.73 bits per heavy atom. The Labute approximate surface area is 91.9 Å². The van der Waals surface area contributed by atoms with Crippen molar-refractivity contribution in [2.45, 2.75) is 27.2 Å². The minimum absolute atomic E-state index is 0.166. The van der Waals surface area contributed by atoms with Crippen LogP contribution in [0, 0.1) is 5.41 Å². The van der Waals surface area contributed by atoms with Crippen molar-refractivity contribution in [3.63, 3.8) is 0 Å². The van der Waals surface area contributed by atoms with Crippen LogP contribution in [0.15, 0.2) is 0 Å². The zero-order chi connectivity index (χ0) is 11.7. The van der Waals surface area contributed by atoms with Gasteiger partial charge in [-0.25, -0.2) is 0 Å². The Bertz CT molecular complexity index is 177. The van der Waals surface area contributed by atoms with Gasteiger partial charge in [0.15, 0.2) is 0 Å². The number of hydrogen-bond acceptors (Lipinski definition) is 4. The van der Waals surface area contributed by atoms with E-state index in [1.807, 2.05) is 20.8 Å².